The van der Waals surface area contributed by atoms with E-state index >= 15 is 0 Å². The minimum absolute atomic E-state index is 0.00752. The number of ketones is 1. The lowest BCUT2D eigenvalue weighted by Gasteiger charge is -2.47. The van der Waals surface area contributed by atoms with E-state index in [4.69, 9.17) is 4.74 Å². The first-order valence-corrected chi connectivity index (χ1v) is 14.5. The first-order valence-electron chi connectivity index (χ1n) is 13.5. The molecule has 2 amide bonds. The second-order valence-corrected chi connectivity index (χ2v) is 11.0. The van der Waals surface area contributed by atoms with Crippen molar-refractivity contribution in [2.45, 2.75) is 17.3 Å². The highest BCUT2D eigenvalue weighted by molar-refractivity contribution is 8.01. The number of nitrogens with zero attached hydrogens (tertiary/aromatic N) is 1. The van der Waals surface area contributed by atoms with Crippen LogP contribution in [0.3, 0.4) is 0 Å². The Balaban J connectivity index is 1.26. The first kappa shape index (κ1) is 30.4. The van der Waals surface area contributed by atoms with Crippen molar-refractivity contribution in [2.75, 3.05) is 17.3 Å². The number of carboxylic acid groups (broad SMARTS) is 1. The molecule has 1 aliphatic rings. The van der Waals surface area contributed by atoms with Crippen LogP contribution >= 0.6 is 11.8 Å². The third-order valence-corrected chi connectivity index (χ3v) is 8.23. The maximum atomic E-state index is 13.6. The van der Waals surface area contributed by atoms with Gasteiger partial charge in [0.15, 0.2) is 18.4 Å². The lowest BCUT2D eigenvalue weighted by atomic mass is 9.92. The van der Waals surface area contributed by atoms with Gasteiger partial charge in [0.25, 0.3) is 5.91 Å². The molecular weight excluding hydrogens is 590 g/mol. The SMILES string of the molecule is O=C(COc1ccc(C2C(SCC(=O)c3ccc(F)cc3)C(=O)N2c2ccc(F)cc2)cc1)N[C@@H](C(=O)O)c1ccccc1. The van der Waals surface area contributed by atoms with Crippen LogP contribution in [0.15, 0.2) is 103 Å². The molecule has 1 heterocycles. The molecule has 4 aromatic carbocycles. The summed E-state index contributed by atoms with van der Waals surface area (Å²) in [4.78, 5) is 51.6. The van der Waals surface area contributed by atoms with Crippen LogP contribution in [0.4, 0.5) is 14.5 Å². The van der Waals surface area contributed by atoms with E-state index in [1.54, 1.807) is 54.6 Å². The summed E-state index contributed by atoms with van der Waals surface area (Å²) in [5.74, 6) is -2.90. The maximum absolute atomic E-state index is 13.6. The van der Waals surface area contributed by atoms with E-state index in [0.717, 1.165) is 0 Å². The lowest BCUT2D eigenvalue weighted by molar-refractivity contribution is -0.142. The second-order valence-electron chi connectivity index (χ2n) is 9.90. The minimum Gasteiger partial charge on any atom is -0.484 e. The predicted molar refractivity (Wildman–Crippen MR) is 161 cm³/mol. The van der Waals surface area contributed by atoms with Crippen molar-refractivity contribution in [3.8, 4) is 5.75 Å². The zero-order chi connectivity index (χ0) is 31.2. The minimum atomic E-state index is -1.23. The fraction of sp³-hybridized carbons (Fsp3) is 0.152. The first-order chi connectivity index (χ1) is 21.2. The number of nitrogens with one attached hydrogen (secondary N) is 1. The van der Waals surface area contributed by atoms with Crippen LogP contribution in [0.2, 0.25) is 0 Å². The largest absolute Gasteiger partial charge is 0.484 e. The highest BCUT2D eigenvalue weighted by Crippen LogP contribution is 2.45. The molecule has 2 unspecified atom stereocenters. The predicted octanol–water partition coefficient (Wildman–Crippen LogP) is 5.36. The van der Waals surface area contributed by atoms with Gasteiger partial charge in [0, 0.05) is 11.3 Å². The zero-order valence-electron chi connectivity index (χ0n) is 23.1. The molecule has 0 bridgehead atoms. The average Bonchev–Trinajstić information content (AvgIpc) is 3.03. The van der Waals surface area contributed by atoms with Crippen molar-refractivity contribution in [1.29, 1.82) is 0 Å². The van der Waals surface area contributed by atoms with Gasteiger partial charge in [-0.3, -0.25) is 14.4 Å². The van der Waals surface area contributed by atoms with Crippen LogP contribution in [0.25, 0.3) is 0 Å². The van der Waals surface area contributed by atoms with E-state index < -0.39 is 47.5 Å². The van der Waals surface area contributed by atoms with E-state index in [0.29, 0.717) is 28.1 Å². The van der Waals surface area contributed by atoms with Crippen LogP contribution in [-0.2, 0) is 14.4 Å². The number of halogens is 2. The zero-order valence-corrected chi connectivity index (χ0v) is 23.9. The monoisotopic (exact) mass is 616 g/mol. The number of carboxylic acids is 1. The number of benzene rings is 4. The molecule has 4 aromatic rings. The lowest BCUT2D eigenvalue weighted by Crippen LogP contribution is -2.57. The molecule has 8 nitrogen and oxygen atoms in total. The molecule has 0 saturated carbocycles. The van der Waals surface area contributed by atoms with Crippen LogP contribution in [0.5, 0.6) is 5.75 Å². The summed E-state index contributed by atoms with van der Waals surface area (Å²) < 4.78 is 32.4. The summed E-state index contributed by atoms with van der Waals surface area (Å²) in [6, 6.07) is 24.0. The normalized spacial score (nSPS) is 16.5. The number of rotatable bonds is 12. The number of amides is 2. The number of anilines is 1. The van der Waals surface area contributed by atoms with E-state index in [-0.39, 0.29) is 17.4 Å². The van der Waals surface area contributed by atoms with Crippen LogP contribution in [-0.4, -0.2) is 46.3 Å². The average molecular weight is 617 g/mol. The molecule has 224 valence electrons. The van der Waals surface area contributed by atoms with Crippen molar-refractivity contribution >= 4 is 41.0 Å². The summed E-state index contributed by atoms with van der Waals surface area (Å²) in [5, 5.41) is 11.4. The molecule has 5 rings (SSSR count). The fourth-order valence-corrected chi connectivity index (χ4v) is 5.98. The van der Waals surface area contributed by atoms with Gasteiger partial charge in [-0.1, -0.05) is 42.5 Å². The third kappa shape index (κ3) is 6.95. The van der Waals surface area contributed by atoms with Crippen molar-refractivity contribution in [1.82, 2.24) is 5.32 Å². The Kier molecular flexibility index (Phi) is 9.35. The Hall–Kier alpha value is -5.03. The molecular formula is C33H26F2N2O6S. The molecule has 0 radical (unpaired) electrons. The van der Waals surface area contributed by atoms with Gasteiger partial charge in [0.1, 0.15) is 22.6 Å². The number of β-lactam (4-membered cyclic amide) rings is 1. The van der Waals surface area contributed by atoms with E-state index in [9.17, 15) is 33.1 Å². The number of thioether (sulfide) groups is 1. The van der Waals surface area contributed by atoms with Crippen LogP contribution in [0.1, 0.15) is 33.6 Å². The molecule has 1 saturated heterocycles. The molecule has 0 spiro atoms. The van der Waals surface area contributed by atoms with Crippen molar-refractivity contribution in [2.24, 2.45) is 0 Å². The van der Waals surface area contributed by atoms with Gasteiger partial charge in [0.05, 0.1) is 11.8 Å². The van der Waals surface area contributed by atoms with Crippen molar-refractivity contribution in [3.05, 3.63) is 131 Å². The van der Waals surface area contributed by atoms with E-state index in [2.05, 4.69) is 5.32 Å². The van der Waals surface area contributed by atoms with Crippen molar-refractivity contribution < 1.29 is 37.8 Å². The van der Waals surface area contributed by atoms with Gasteiger partial charge in [-0.05, 0) is 71.8 Å². The van der Waals surface area contributed by atoms with Gasteiger partial charge < -0.3 is 20.1 Å². The number of ether oxygens (including phenoxy) is 1. The topological polar surface area (TPSA) is 113 Å². The van der Waals surface area contributed by atoms with Crippen LogP contribution in [0, 0.1) is 11.6 Å². The Labute approximate surface area is 255 Å². The number of aliphatic carboxylic acids is 1. The van der Waals surface area contributed by atoms with Gasteiger partial charge in [-0.15, -0.1) is 11.8 Å². The molecule has 0 aliphatic carbocycles. The Morgan fingerprint density at radius 1 is 0.864 bits per heavy atom. The second kappa shape index (κ2) is 13.5. The Morgan fingerprint density at radius 2 is 1.48 bits per heavy atom. The fourth-order valence-electron chi connectivity index (χ4n) is 4.77. The van der Waals surface area contributed by atoms with Gasteiger partial charge in [-0.25, -0.2) is 13.6 Å². The number of Topliss-reactive ketones (excluding diaryl/α,β-unsaturated/α-hetero) is 1. The molecule has 44 heavy (non-hydrogen) atoms. The van der Waals surface area contributed by atoms with Crippen molar-refractivity contribution in [3.63, 3.8) is 0 Å². The third-order valence-electron chi connectivity index (χ3n) is 6.99. The molecule has 0 aromatic heterocycles. The Bertz CT molecular complexity index is 1650. The van der Waals surface area contributed by atoms with E-state index in [1.807, 2.05) is 0 Å². The van der Waals surface area contributed by atoms with Gasteiger partial charge in [-0.2, -0.15) is 0 Å². The summed E-state index contributed by atoms with van der Waals surface area (Å²) >= 11 is 1.17. The van der Waals surface area contributed by atoms with E-state index in [1.165, 1.54) is 65.2 Å². The molecule has 3 atom stereocenters. The van der Waals surface area contributed by atoms with Gasteiger partial charge in [0.2, 0.25) is 5.91 Å². The summed E-state index contributed by atoms with van der Waals surface area (Å²) in [7, 11) is 0. The summed E-state index contributed by atoms with van der Waals surface area (Å²) in [6.07, 6.45) is 0. The number of hydrogen-bond donors (Lipinski definition) is 2. The maximum Gasteiger partial charge on any atom is 0.330 e. The highest BCUT2D eigenvalue weighted by atomic mass is 32.2. The molecule has 1 aliphatic heterocycles. The summed E-state index contributed by atoms with van der Waals surface area (Å²) in [5.41, 5.74) is 1.96. The number of carbonyl (C=O) groups is 4. The Morgan fingerprint density at radius 3 is 2.09 bits per heavy atom. The molecule has 2 N–H and O–H groups in total. The molecule has 11 heteroatoms. The standard InChI is InChI=1S/C33H26F2N2O6S/c34-23-10-6-20(7-11-23)27(38)19-44-31-30(37(32(31)40)25-14-12-24(35)13-15-25)22-8-16-26(17-9-22)43-18-28(39)36-29(33(41)42)21-4-2-1-3-5-21/h1-17,29-31H,18-19H2,(H,36,39)(H,41,42)/t29-,30?,31?/m1/s1. The number of carbonyl (C=O) groups excluding carboxylic acids is 3. The highest BCUT2D eigenvalue weighted by Gasteiger charge is 2.49. The van der Waals surface area contributed by atoms with Gasteiger partial charge >= 0.3 is 5.97 Å². The van der Waals surface area contributed by atoms with Crippen LogP contribution < -0.4 is 15.0 Å². The quantitative estimate of drug-likeness (QED) is 0.163. The smallest absolute Gasteiger partial charge is 0.330 e. The summed E-state index contributed by atoms with van der Waals surface area (Å²) in [6.45, 7) is -0.427. The molecule has 1 fully saturated rings. The number of hydrogen-bond acceptors (Lipinski definition) is 6.